The fourth-order valence-electron chi connectivity index (χ4n) is 4.29. The van der Waals surface area contributed by atoms with Crippen molar-refractivity contribution < 1.29 is 14.4 Å². The first-order chi connectivity index (χ1) is 16.0. The number of aryl methyl sites for hydroxylation is 1. The van der Waals surface area contributed by atoms with Crippen LogP contribution in [0, 0.1) is 6.92 Å². The van der Waals surface area contributed by atoms with E-state index >= 15 is 0 Å². The molecule has 5 rings (SSSR count). The molecule has 1 aliphatic rings. The van der Waals surface area contributed by atoms with E-state index in [0.717, 1.165) is 10.9 Å². The van der Waals surface area contributed by atoms with Crippen molar-refractivity contribution in [1.29, 1.82) is 0 Å². The van der Waals surface area contributed by atoms with Crippen molar-refractivity contribution in [3.8, 4) is 0 Å². The Labute approximate surface area is 191 Å². The van der Waals surface area contributed by atoms with Gasteiger partial charge in [-0.1, -0.05) is 60.2 Å². The summed E-state index contributed by atoms with van der Waals surface area (Å²) in [5, 5.41) is 1.56. The van der Waals surface area contributed by atoms with Gasteiger partial charge in [-0.15, -0.1) is 0 Å². The first kappa shape index (κ1) is 20.6. The van der Waals surface area contributed by atoms with Crippen molar-refractivity contribution in [2.75, 3.05) is 18.0 Å². The van der Waals surface area contributed by atoms with Gasteiger partial charge in [0.25, 0.3) is 17.7 Å². The van der Waals surface area contributed by atoms with E-state index in [1.807, 2.05) is 73.7 Å². The van der Waals surface area contributed by atoms with E-state index in [4.69, 9.17) is 0 Å². The summed E-state index contributed by atoms with van der Waals surface area (Å²) >= 11 is 0. The van der Waals surface area contributed by atoms with Gasteiger partial charge in [0, 0.05) is 40.9 Å². The molecule has 0 aliphatic carbocycles. The molecule has 5 heteroatoms. The summed E-state index contributed by atoms with van der Waals surface area (Å²) in [7, 11) is 0. The predicted octanol–water partition coefficient (Wildman–Crippen LogP) is 5.09. The second-order valence-electron chi connectivity index (χ2n) is 8.13. The zero-order chi connectivity index (χ0) is 22.9. The van der Waals surface area contributed by atoms with Gasteiger partial charge in [-0.2, -0.15) is 0 Å². The number of hydrogen-bond donors (Lipinski definition) is 0. The summed E-state index contributed by atoms with van der Waals surface area (Å²) in [6.45, 7) is 2.26. The van der Waals surface area contributed by atoms with Crippen LogP contribution in [-0.2, 0) is 0 Å². The van der Waals surface area contributed by atoms with Gasteiger partial charge < -0.3 is 4.90 Å². The Balaban J connectivity index is 1.47. The van der Waals surface area contributed by atoms with Gasteiger partial charge in [0.1, 0.15) is 0 Å². The molecule has 3 amide bonds. The maximum Gasteiger partial charge on any atom is 0.261 e. The lowest BCUT2D eigenvalue weighted by Gasteiger charge is -2.30. The van der Waals surface area contributed by atoms with Crippen LogP contribution in [-0.4, -0.2) is 35.7 Å². The first-order valence-corrected chi connectivity index (χ1v) is 10.9. The zero-order valence-electron chi connectivity index (χ0n) is 18.2. The van der Waals surface area contributed by atoms with Crippen LogP contribution >= 0.6 is 0 Å². The Hall–Kier alpha value is -4.25. The number of rotatable bonds is 5. The van der Waals surface area contributed by atoms with Gasteiger partial charge in [-0.05, 0) is 48.7 Å². The minimum Gasteiger partial charge on any atom is -0.307 e. The highest BCUT2D eigenvalue weighted by atomic mass is 16.2. The lowest BCUT2D eigenvalue weighted by Crippen LogP contribution is -2.46. The highest BCUT2D eigenvalue weighted by Gasteiger charge is 2.33. The Bertz CT molecular complexity index is 1330. The number of anilines is 1. The summed E-state index contributed by atoms with van der Waals surface area (Å²) < 4.78 is 0. The quantitative estimate of drug-likeness (QED) is 0.411. The molecule has 162 valence electrons. The molecule has 0 fully saturated rings. The van der Waals surface area contributed by atoms with E-state index in [2.05, 4.69) is 0 Å². The van der Waals surface area contributed by atoms with E-state index in [-0.39, 0.29) is 30.8 Å². The molecule has 1 heterocycles. The highest BCUT2D eigenvalue weighted by Crippen LogP contribution is 2.30. The van der Waals surface area contributed by atoms with E-state index in [0.29, 0.717) is 27.8 Å². The molecule has 33 heavy (non-hydrogen) atoms. The molecule has 0 aromatic heterocycles. The zero-order valence-corrected chi connectivity index (χ0v) is 18.2. The molecule has 0 bridgehead atoms. The summed E-state index contributed by atoms with van der Waals surface area (Å²) in [6, 6.07) is 27.6. The van der Waals surface area contributed by atoms with Crippen LogP contribution in [0.3, 0.4) is 0 Å². The second-order valence-corrected chi connectivity index (χ2v) is 8.13. The van der Waals surface area contributed by atoms with Gasteiger partial charge in [0.2, 0.25) is 0 Å². The van der Waals surface area contributed by atoms with Crippen molar-refractivity contribution in [3.63, 3.8) is 0 Å². The SMILES string of the molecule is Cc1ccc(N(CCN2C(=O)c3cccc4cccc(c34)C2=O)C(=O)c2ccccc2)cc1. The molecule has 0 saturated carbocycles. The van der Waals surface area contributed by atoms with Gasteiger partial charge in [-0.3, -0.25) is 19.3 Å². The van der Waals surface area contributed by atoms with Crippen molar-refractivity contribution in [2.45, 2.75) is 6.92 Å². The molecular formula is C28H22N2O3. The number of benzene rings is 4. The van der Waals surface area contributed by atoms with Crippen LogP contribution in [0.25, 0.3) is 10.8 Å². The Morgan fingerprint density at radius 2 is 1.36 bits per heavy atom. The summed E-state index contributed by atoms with van der Waals surface area (Å²) in [4.78, 5) is 42.7. The van der Waals surface area contributed by atoms with Gasteiger partial charge >= 0.3 is 0 Å². The maximum absolute atomic E-state index is 13.4. The van der Waals surface area contributed by atoms with Gasteiger partial charge in [0.15, 0.2) is 0 Å². The summed E-state index contributed by atoms with van der Waals surface area (Å²) in [6.07, 6.45) is 0. The van der Waals surface area contributed by atoms with Crippen LogP contribution < -0.4 is 4.90 Å². The first-order valence-electron chi connectivity index (χ1n) is 10.9. The molecule has 0 radical (unpaired) electrons. The Morgan fingerprint density at radius 1 is 0.758 bits per heavy atom. The third kappa shape index (κ3) is 3.68. The normalized spacial score (nSPS) is 12.8. The van der Waals surface area contributed by atoms with Crippen LogP contribution in [0.15, 0.2) is 91.0 Å². The van der Waals surface area contributed by atoms with Gasteiger partial charge in [0.05, 0.1) is 0 Å². The number of carbonyl (C=O) groups is 3. The van der Waals surface area contributed by atoms with Crippen LogP contribution in [0.5, 0.6) is 0 Å². The Morgan fingerprint density at radius 3 is 1.97 bits per heavy atom. The smallest absolute Gasteiger partial charge is 0.261 e. The summed E-state index contributed by atoms with van der Waals surface area (Å²) in [5.41, 5.74) is 3.37. The maximum atomic E-state index is 13.4. The third-order valence-electron chi connectivity index (χ3n) is 6.01. The molecule has 0 unspecified atom stereocenters. The van der Waals surface area contributed by atoms with Crippen LogP contribution in [0.2, 0.25) is 0 Å². The van der Waals surface area contributed by atoms with Crippen molar-refractivity contribution in [3.05, 3.63) is 113 Å². The van der Waals surface area contributed by atoms with Crippen LogP contribution in [0.4, 0.5) is 5.69 Å². The van der Waals surface area contributed by atoms with Crippen molar-refractivity contribution in [1.82, 2.24) is 4.90 Å². The van der Waals surface area contributed by atoms with Crippen LogP contribution in [0.1, 0.15) is 36.6 Å². The van der Waals surface area contributed by atoms with Crippen molar-refractivity contribution in [2.24, 2.45) is 0 Å². The second kappa shape index (κ2) is 8.36. The monoisotopic (exact) mass is 434 g/mol. The van der Waals surface area contributed by atoms with Crippen molar-refractivity contribution >= 4 is 34.2 Å². The van der Waals surface area contributed by atoms with E-state index in [1.54, 1.807) is 29.2 Å². The van der Waals surface area contributed by atoms with E-state index in [9.17, 15) is 14.4 Å². The minimum atomic E-state index is -0.333. The van der Waals surface area contributed by atoms with E-state index in [1.165, 1.54) is 4.90 Å². The fourth-order valence-corrected chi connectivity index (χ4v) is 4.29. The number of hydrogen-bond acceptors (Lipinski definition) is 3. The predicted molar refractivity (Wildman–Crippen MR) is 129 cm³/mol. The molecule has 0 saturated heterocycles. The third-order valence-corrected chi connectivity index (χ3v) is 6.01. The molecule has 0 N–H and O–H groups in total. The molecule has 5 nitrogen and oxygen atoms in total. The molecular weight excluding hydrogens is 412 g/mol. The molecule has 4 aromatic carbocycles. The highest BCUT2D eigenvalue weighted by molar-refractivity contribution is 6.25. The van der Waals surface area contributed by atoms with E-state index < -0.39 is 0 Å². The molecule has 4 aromatic rings. The Kier molecular flexibility index (Phi) is 5.23. The largest absolute Gasteiger partial charge is 0.307 e. The minimum absolute atomic E-state index is 0.0921. The van der Waals surface area contributed by atoms with Gasteiger partial charge in [-0.25, -0.2) is 0 Å². The molecule has 0 spiro atoms. The lowest BCUT2D eigenvalue weighted by atomic mass is 9.94. The lowest BCUT2D eigenvalue weighted by molar-refractivity contribution is 0.0611. The summed E-state index contributed by atoms with van der Waals surface area (Å²) in [5.74, 6) is -0.848. The molecule has 1 aliphatic heterocycles. The molecule has 0 atom stereocenters. The number of nitrogens with zero attached hydrogens (tertiary/aromatic N) is 2. The number of amides is 3. The average molecular weight is 434 g/mol. The number of imide groups is 1. The standard InChI is InChI=1S/C28H22N2O3/c1-19-13-15-22(16-14-19)29(26(31)21-7-3-2-4-8-21)17-18-30-27(32)23-11-5-9-20-10-6-12-24(25(20)23)28(30)33/h2-16H,17-18H2,1H3. The average Bonchev–Trinajstić information content (AvgIpc) is 2.85. The fraction of sp³-hybridized carbons (Fsp3) is 0.107. The number of carbonyl (C=O) groups excluding carboxylic acids is 3. The topological polar surface area (TPSA) is 57.7 Å².